The van der Waals surface area contributed by atoms with Crippen molar-refractivity contribution in [2.75, 3.05) is 0 Å². The molecule has 0 aliphatic heterocycles. The van der Waals surface area contributed by atoms with E-state index in [0.29, 0.717) is 23.0 Å². The van der Waals surface area contributed by atoms with E-state index in [-0.39, 0.29) is 0 Å². The number of phenolic OH excluding ortho intramolecular Hbond substituents is 1. The van der Waals surface area contributed by atoms with Crippen molar-refractivity contribution in [3.8, 4) is 5.75 Å². The maximum Gasteiger partial charge on any atom is 0.119 e. The smallest absolute Gasteiger partial charge is 0.119 e. The van der Waals surface area contributed by atoms with Gasteiger partial charge in [0, 0.05) is 0 Å². The Bertz CT molecular complexity index is 578. The molecule has 1 heteroatoms. The molecule has 0 radical (unpaired) electrons. The number of hydrogen-bond donors (Lipinski definition) is 1. The van der Waals surface area contributed by atoms with Crippen LogP contribution in [-0.4, -0.2) is 5.11 Å². The molecule has 0 spiro atoms. The maximum atomic E-state index is 10.3. The number of hydrogen-bond acceptors (Lipinski definition) is 1. The molecule has 1 saturated carbocycles. The van der Waals surface area contributed by atoms with E-state index in [2.05, 4.69) is 39.8 Å². The van der Waals surface area contributed by atoms with E-state index in [1.54, 1.807) is 5.57 Å². The van der Waals surface area contributed by atoms with Gasteiger partial charge in [0.1, 0.15) is 5.75 Å². The van der Waals surface area contributed by atoms with Gasteiger partial charge >= 0.3 is 0 Å². The van der Waals surface area contributed by atoms with Crippen molar-refractivity contribution >= 4 is 6.08 Å². The zero-order valence-corrected chi connectivity index (χ0v) is 13.9. The lowest BCUT2D eigenvalue weighted by atomic mass is 9.65. The van der Waals surface area contributed by atoms with Gasteiger partial charge in [0.05, 0.1) is 0 Å². The summed E-state index contributed by atoms with van der Waals surface area (Å²) in [6, 6.07) is 4.25. The molecule has 2 aliphatic carbocycles. The third-order valence-corrected chi connectivity index (χ3v) is 5.63. The highest BCUT2D eigenvalue weighted by Crippen LogP contribution is 2.48. The molecular weight excluding hydrogens is 256 g/mol. The molecule has 2 aliphatic rings. The molecule has 1 aromatic rings. The average molecular weight is 284 g/mol. The van der Waals surface area contributed by atoms with Crippen molar-refractivity contribution in [1.82, 2.24) is 0 Å². The lowest BCUT2D eigenvalue weighted by Gasteiger charge is -2.40. The quantitative estimate of drug-likeness (QED) is 0.704. The fraction of sp³-hybridized carbons (Fsp3) is 0.600. The molecule has 1 fully saturated rings. The van der Waals surface area contributed by atoms with Crippen LogP contribution < -0.4 is 0 Å². The van der Waals surface area contributed by atoms with E-state index in [1.165, 1.54) is 36.8 Å². The first-order valence-electron chi connectivity index (χ1n) is 8.45. The lowest BCUT2D eigenvalue weighted by Crippen LogP contribution is -2.29. The number of allylic oxidation sites excluding steroid dienone is 1. The monoisotopic (exact) mass is 284 g/mol. The number of aryl methyl sites for hydroxylation is 1. The Kier molecular flexibility index (Phi) is 3.63. The van der Waals surface area contributed by atoms with Crippen LogP contribution in [0.25, 0.3) is 6.08 Å². The SMILES string of the molecule is CC(C)c1cc2c(cc1O)C=C1CCCC(C)(C)[C@@H]1CC2. The van der Waals surface area contributed by atoms with Gasteiger partial charge in [-0.2, -0.15) is 0 Å². The second-order valence-corrected chi connectivity index (χ2v) is 7.92. The first kappa shape index (κ1) is 14.7. The van der Waals surface area contributed by atoms with E-state index in [4.69, 9.17) is 0 Å². The molecule has 0 unspecified atom stereocenters. The Morgan fingerprint density at radius 2 is 1.95 bits per heavy atom. The third kappa shape index (κ3) is 2.63. The zero-order chi connectivity index (χ0) is 15.2. The molecule has 0 amide bonds. The molecule has 1 aromatic carbocycles. The van der Waals surface area contributed by atoms with Crippen LogP contribution in [0.1, 0.15) is 76.0 Å². The van der Waals surface area contributed by atoms with E-state index in [9.17, 15) is 5.11 Å². The van der Waals surface area contributed by atoms with Crippen molar-refractivity contribution in [2.45, 2.75) is 65.7 Å². The topological polar surface area (TPSA) is 20.2 Å². The number of rotatable bonds is 1. The summed E-state index contributed by atoms with van der Waals surface area (Å²) >= 11 is 0. The molecule has 0 heterocycles. The van der Waals surface area contributed by atoms with Crippen molar-refractivity contribution in [3.05, 3.63) is 34.4 Å². The van der Waals surface area contributed by atoms with Crippen molar-refractivity contribution in [1.29, 1.82) is 0 Å². The Hall–Kier alpha value is -1.24. The van der Waals surface area contributed by atoms with Gasteiger partial charge in [0.2, 0.25) is 0 Å². The predicted octanol–water partition coefficient (Wildman–Crippen LogP) is 5.67. The summed E-state index contributed by atoms with van der Waals surface area (Å²) in [5, 5.41) is 10.3. The van der Waals surface area contributed by atoms with E-state index in [0.717, 1.165) is 12.0 Å². The molecule has 21 heavy (non-hydrogen) atoms. The molecular formula is C20H28O. The highest BCUT2D eigenvalue weighted by Gasteiger charge is 2.36. The molecule has 0 bridgehead atoms. The average Bonchev–Trinajstić information content (AvgIpc) is 2.56. The largest absolute Gasteiger partial charge is 0.508 e. The van der Waals surface area contributed by atoms with E-state index >= 15 is 0 Å². The normalized spacial score (nSPS) is 24.0. The number of benzene rings is 1. The minimum atomic E-state index is 0.380. The van der Waals surface area contributed by atoms with Crippen LogP contribution in [0, 0.1) is 11.3 Å². The summed E-state index contributed by atoms with van der Waals surface area (Å²) < 4.78 is 0. The van der Waals surface area contributed by atoms with Gasteiger partial charge in [0.15, 0.2) is 0 Å². The highest BCUT2D eigenvalue weighted by atomic mass is 16.3. The summed E-state index contributed by atoms with van der Waals surface area (Å²) in [7, 11) is 0. The van der Waals surface area contributed by atoms with Crippen molar-refractivity contribution in [2.24, 2.45) is 11.3 Å². The van der Waals surface area contributed by atoms with Crippen LogP contribution in [0.4, 0.5) is 0 Å². The van der Waals surface area contributed by atoms with Crippen LogP contribution in [0.2, 0.25) is 0 Å². The summed E-state index contributed by atoms with van der Waals surface area (Å²) in [6.45, 7) is 9.16. The van der Waals surface area contributed by atoms with Gasteiger partial charge in [-0.05, 0) is 72.1 Å². The summed E-state index contributed by atoms with van der Waals surface area (Å²) in [4.78, 5) is 0. The first-order chi connectivity index (χ1) is 9.88. The Balaban J connectivity index is 2.04. The molecule has 1 N–H and O–H groups in total. The number of phenols is 1. The molecule has 3 rings (SSSR count). The Morgan fingerprint density at radius 3 is 2.67 bits per heavy atom. The molecule has 0 saturated heterocycles. The second-order valence-electron chi connectivity index (χ2n) is 7.92. The maximum absolute atomic E-state index is 10.3. The van der Waals surface area contributed by atoms with Crippen LogP contribution in [0.15, 0.2) is 17.7 Å². The van der Waals surface area contributed by atoms with Crippen LogP contribution >= 0.6 is 0 Å². The number of fused-ring (bicyclic) bond motifs is 2. The highest BCUT2D eigenvalue weighted by molar-refractivity contribution is 5.62. The van der Waals surface area contributed by atoms with Crippen LogP contribution in [-0.2, 0) is 6.42 Å². The van der Waals surface area contributed by atoms with Gasteiger partial charge in [-0.3, -0.25) is 0 Å². The summed E-state index contributed by atoms with van der Waals surface area (Å²) in [6.07, 6.45) is 8.67. The van der Waals surface area contributed by atoms with Gasteiger partial charge in [0.25, 0.3) is 0 Å². The molecule has 1 atom stereocenters. The van der Waals surface area contributed by atoms with Crippen molar-refractivity contribution in [3.63, 3.8) is 0 Å². The lowest BCUT2D eigenvalue weighted by molar-refractivity contribution is 0.182. The molecule has 1 nitrogen and oxygen atoms in total. The predicted molar refractivity (Wildman–Crippen MR) is 89.6 cm³/mol. The van der Waals surface area contributed by atoms with Crippen molar-refractivity contribution < 1.29 is 5.11 Å². The fourth-order valence-electron chi connectivity index (χ4n) is 4.33. The van der Waals surface area contributed by atoms with Gasteiger partial charge in [-0.1, -0.05) is 45.4 Å². The zero-order valence-electron chi connectivity index (χ0n) is 13.9. The van der Waals surface area contributed by atoms with E-state index in [1.807, 2.05) is 6.07 Å². The van der Waals surface area contributed by atoms with Gasteiger partial charge in [-0.25, -0.2) is 0 Å². The summed E-state index contributed by atoms with van der Waals surface area (Å²) in [5.74, 6) is 1.56. The second kappa shape index (κ2) is 5.19. The summed E-state index contributed by atoms with van der Waals surface area (Å²) in [5.41, 5.74) is 5.81. The minimum absolute atomic E-state index is 0.380. The van der Waals surface area contributed by atoms with Gasteiger partial charge in [-0.15, -0.1) is 0 Å². The van der Waals surface area contributed by atoms with Gasteiger partial charge < -0.3 is 5.11 Å². The first-order valence-corrected chi connectivity index (χ1v) is 8.45. The Morgan fingerprint density at radius 1 is 1.19 bits per heavy atom. The number of aromatic hydroxyl groups is 1. The standard InChI is InChI=1S/C20H28O/c1-13(2)17-11-14-7-8-18-15(6-5-9-20(18,3)4)10-16(14)12-19(17)21/h10-13,18,21H,5-9H2,1-4H3/t18-/m1/s1. The Labute approximate surface area is 129 Å². The fourth-order valence-corrected chi connectivity index (χ4v) is 4.33. The minimum Gasteiger partial charge on any atom is -0.508 e. The van der Waals surface area contributed by atoms with Crippen LogP contribution in [0.3, 0.4) is 0 Å². The van der Waals surface area contributed by atoms with Crippen LogP contribution in [0.5, 0.6) is 5.75 Å². The molecule has 114 valence electrons. The third-order valence-electron chi connectivity index (χ3n) is 5.63. The van der Waals surface area contributed by atoms with E-state index < -0.39 is 0 Å². The molecule has 0 aromatic heterocycles.